The molecule has 1 aromatic rings. The van der Waals surface area contributed by atoms with E-state index in [2.05, 4.69) is 10.2 Å². The SMILES string of the molecule is Nn1c(SCCC2CCCC2)nnc1[C@H]1CCCCO1. The quantitative estimate of drug-likeness (QED) is 0.668. The van der Waals surface area contributed by atoms with E-state index in [0.29, 0.717) is 0 Å². The average Bonchev–Trinajstić information content (AvgIpc) is 3.11. The molecular weight excluding hydrogens is 272 g/mol. The topological polar surface area (TPSA) is 66.0 Å². The molecule has 1 aliphatic heterocycles. The molecule has 0 bridgehead atoms. The Hall–Kier alpha value is -0.750. The highest BCUT2D eigenvalue weighted by Gasteiger charge is 2.23. The summed E-state index contributed by atoms with van der Waals surface area (Å²) in [6.07, 6.45) is 10.2. The van der Waals surface area contributed by atoms with Crippen LogP contribution >= 0.6 is 11.8 Å². The predicted molar refractivity (Wildman–Crippen MR) is 80.0 cm³/mol. The van der Waals surface area contributed by atoms with Crippen molar-refractivity contribution < 1.29 is 4.74 Å². The smallest absolute Gasteiger partial charge is 0.209 e. The second-order valence-electron chi connectivity index (χ2n) is 5.85. The van der Waals surface area contributed by atoms with Crippen LogP contribution in [0.1, 0.15) is 63.3 Å². The van der Waals surface area contributed by atoms with E-state index in [1.165, 1.54) is 38.5 Å². The lowest BCUT2D eigenvalue weighted by atomic mass is 10.1. The number of nitrogens with two attached hydrogens (primary N) is 1. The fourth-order valence-corrected chi connectivity index (χ4v) is 4.13. The first-order chi connectivity index (χ1) is 9.84. The van der Waals surface area contributed by atoms with Gasteiger partial charge in [-0.1, -0.05) is 37.4 Å². The molecule has 0 spiro atoms. The predicted octanol–water partition coefficient (Wildman–Crippen LogP) is 2.91. The number of aromatic nitrogens is 3. The van der Waals surface area contributed by atoms with Crippen LogP contribution in [-0.2, 0) is 4.74 Å². The summed E-state index contributed by atoms with van der Waals surface area (Å²) in [5, 5.41) is 9.28. The molecule has 1 aromatic heterocycles. The summed E-state index contributed by atoms with van der Waals surface area (Å²) in [7, 11) is 0. The number of nitrogen functional groups attached to an aromatic ring is 1. The van der Waals surface area contributed by atoms with Crippen molar-refractivity contribution in [2.24, 2.45) is 5.92 Å². The highest BCUT2D eigenvalue weighted by Crippen LogP contribution is 2.31. The molecule has 1 atom stereocenters. The molecule has 2 heterocycles. The first kappa shape index (κ1) is 14.2. The van der Waals surface area contributed by atoms with E-state index in [-0.39, 0.29) is 6.10 Å². The number of ether oxygens (including phenoxy) is 1. The van der Waals surface area contributed by atoms with E-state index in [1.807, 2.05) is 0 Å². The van der Waals surface area contributed by atoms with Crippen molar-refractivity contribution in [1.82, 2.24) is 14.9 Å². The maximum Gasteiger partial charge on any atom is 0.209 e. The van der Waals surface area contributed by atoms with Gasteiger partial charge >= 0.3 is 0 Å². The van der Waals surface area contributed by atoms with Crippen molar-refractivity contribution in [1.29, 1.82) is 0 Å². The third-order valence-corrected chi connectivity index (χ3v) is 5.37. The van der Waals surface area contributed by atoms with Gasteiger partial charge in [-0.2, -0.15) is 0 Å². The molecule has 0 amide bonds. The first-order valence-electron chi connectivity index (χ1n) is 7.79. The largest absolute Gasteiger partial charge is 0.370 e. The molecule has 1 aliphatic carbocycles. The highest BCUT2D eigenvalue weighted by atomic mass is 32.2. The summed E-state index contributed by atoms with van der Waals surface area (Å²) in [4.78, 5) is 0. The average molecular weight is 296 g/mol. The van der Waals surface area contributed by atoms with Crippen LogP contribution < -0.4 is 5.84 Å². The molecule has 2 N–H and O–H groups in total. The summed E-state index contributed by atoms with van der Waals surface area (Å²) in [6.45, 7) is 0.807. The Morgan fingerprint density at radius 3 is 2.70 bits per heavy atom. The molecule has 6 heteroatoms. The lowest BCUT2D eigenvalue weighted by molar-refractivity contribution is 0.00780. The van der Waals surface area contributed by atoms with Crippen molar-refractivity contribution in [2.45, 2.75) is 62.6 Å². The molecule has 3 rings (SSSR count). The van der Waals surface area contributed by atoms with Crippen molar-refractivity contribution >= 4 is 11.8 Å². The minimum Gasteiger partial charge on any atom is -0.370 e. The van der Waals surface area contributed by atoms with Crippen molar-refractivity contribution in [3.8, 4) is 0 Å². The molecule has 0 unspecified atom stereocenters. The van der Waals surface area contributed by atoms with Crippen LogP contribution in [-0.4, -0.2) is 27.2 Å². The van der Waals surface area contributed by atoms with Gasteiger partial charge in [0, 0.05) is 12.4 Å². The van der Waals surface area contributed by atoms with Crippen LogP contribution in [0.3, 0.4) is 0 Å². The van der Waals surface area contributed by atoms with Gasteiger partial charge in [-0.05, 0) is 31.6 Å². The molecule has 1 saturated heterocycles. The molecule has 20 heavy (non-hydrogen) atoms. The lowest BCUT2D eigenvalue weighted by Crippen LogP contribution is -2.21. The van der Waals surface area contributed by atoms with Gasteiger partial charge < -0.3 is 10.6 Å². The molecule has 0 radical (unpaired) electrons. The fourth-order valence-electron chi connectivity index (χ4n) is 3.17. The van der Waals surface area contributed by atoms with Crippen LogP contribution in [0.25, 0.3) is 0 Å². The van der Waals surface area contributed by atoms with E-state index >= 15 is 0 Å². The number of hydrogen-bond donors (Lipinski definition) is 1. The molecule has 2 aliphatic rings. The Morgan fingerprint density at radius 1 is 1.15 bits per heavy atom. The summed E-state index contributed by atoms with van der Waals surface area (Å²) in [6, 6.07) is 0. The number of nitrogens with zero attached hydrogens (tertiary/aromatic N) is 3. The van der Waals surface area contributed by atoms with Crippen molar-refractivity contribution in [2.75, 3.05) is 18.2 Å². The monoisotopic (exact) mass is 296 g/mol. The van der Waals surface area contributed by atoms with Crippen molar-refractivity contribution in [3.05, 3.63) is 5.82 Å². The Kier molecular flexibility index (Phi) is 4.83. The number of thioether (sulfide) groups is 1. The maximum atomic E-state index is 6.12. The van der Waals surface area contributed by atoms with E-state index in [4.69, 9.17) is 10.6 Å². The molecule has 2 fully saturated rings. The number of hydrogen-bond acceptors (Lipinski definition) is 5. The van der Waals surface area contributed by atoms with Gasteiger partial charge in [0.2, 0.25) is 5.16 Å². The summed E-state index contributed by atoms with van der Waals surface area (Å²) >= 11 is 1.73. The molecule has 112 valence electrons. The first-order valence-corrected chi connectivity index (χ1v) is 8.78. The summed E-state index contributed by atoms with van der Waals surface area (Å²) < 4.78 is 7.37. The van der Waals surface area contributed by atoms with Gasteiger partial charge in [0.05, 0.1) is 0 Å². The lowest BCUT2D eigenvalue weighted by Gasteiger charge is -2.21. The third-order valence-electron chi connectivity index (χ3n) is 4.39. The third kappa shape index (κ3) is 3.28. The minimum atomic E-state index is 0.0328. The molecule has 5 nitrogen and oxygen atoms in total. The fraction of sp³-hybridized carbons (Fsp3) is 0.857. The molecule has 1 saturated carbocycles. The highest BCUT2D eigenvalue weighted by molar-refractivity contribution is 7.99. The zero-order chi connectivity index (χ0) is 13.8. The Labute approximate surface area is 124 Å². The minimum absolute atomic E-state index is 0.0328. The van der Waals surface area contributed by atoms with Crippen LogP contribution in [0.15, 0.2) is 5.16 Å². The number of rotatable bonds is 5. The second-order valence-corrected chi connectivity index (χ2v) is 6.92. The van der Waals surface area contributed by atoms with Crippen LogP contribution in [0.5, 0.6) is 0 Å². The molecular formula is C14H24N4OS. The zero-order valence-corrected chi connectivity index (χ0v) is 12.8. The summed E-state index contributed by atoms with van der Waals surface area (Å²) in [5.74, 6) is 8.91. The second kappa shape index (κ2) is 6.80. The maximum absolute atomic E-state index is 6.12. The van der Waals surface area contributed by atoms with E-state index < -0.39 is 0 Å². The van der Waals surface area contributed by atoms with Gasteiger partial charge in [-0.15, -0.1) is 10.2 Å². The van der Waals surface area contributed by atoms with Crippen LogP contribution in [0, 0.1) is 5.92 Å². The van der Waals surface area contributed by atoms with Gasteiger partial charge in [0.25, 0.3) is 0 Å². The Bertz CT molecular complexity index is 425. The summed E-state index contributed by atoms with van der Waals surface area (Å²) in [5.41, 5.74) is 0. The zero-order valence-electron chi connectivity index (χ0n) is 12.0. The van der Waals surface area contributed by atoms with Crippen LogP contribution in [0.4, 0.5) is 0 Å². The van der Waals surface area contributed by atoms with E-state index in [9.17, 15) is 0 Å². The van der Waals surface area contributed by atoms with Gasteiger partial charge in [0.15, 0.2) is 5.82 Å². The molecule has 0 aromatic carbocycles. The van der Waals surface area contributed by atoms with E-state index in [0.717, 1.165) is 42.1 Å². The van der Waals surface area contributed by atoms with Gasteiger partial charge in [0.1, 0.15) is 6.10 Å². The van der Waals surface area contributed by atoms with Crippen molar-refractivity contribution in [3.63, 3.8) is 0 Å². The standard InChI is InChI=1S/C14H24N4OS/c15-18-13(12-7-3-4-9-19-12)16-17-14(18)20-10-8-11-5-1-2-6-11/h11-12H,1-10,15H2/t12-/m1/s1. The van der Waals surface area contributed by atoms with Crippen LogP contribution in [0.2, 0.25) is 0 Å². The normalized spacial score (nSPS) is 24.3. The van der Waals surface area contributed by atoms with E-state index in [1.54, 1.807) is 16.4 Å². The van der Waals surface area contributed by atoms with Gasteiger partial charge in [-0.3, -0.25) is 0 Å². The Balaban J connectivity index is 1.52. The Morgan fingerprint density at radius 2 is 1.95 bits per heavy atom. The van der Waals surface area contributed by atoms with Gasteiger partial charge in [-0.25, -0.2) is 4.68 Å².